The highest BCUT2D eigenvalue weighted by atomic mass is 16.1. The van der Waals surface area contributed by atoms with Gasteiger partial charge in [-0.25, -0.2) is 0 Å². The monoisotopic (exact) mass is 125 g/mol. The lowest BCUT2D eigenvalue weighted by Crippen LogP contribution is -2.37. The van der Waals surface area contributed by atoms with Crippen molar-refractivity contribution in [1.82, 2.24) is 5.32 Å². The molecule has 1 N–H and O–H groups in total. The van der Waals surface area contributed by atoms with Crippen molar-refractivity contribution in [2.45, 2.75) is 25.8 Å². The molecule has 0 aromatic rings. The van der Waals surface area contributed by atoms with Crippen molar-refractivity contribution < 1.29 is 4.79 Å². The predicted molar refractivity (Wildman–Crippen MR) is 36.0 cm³/mol. The van der Waals surface area contributed by atoms with Crippen molar-refractivity contribution in [3.8, 4) is 0 Å². The van der Waals surface area contributed by atoms with Crippen molar-refractivity contribution >= 4 is 6.29 Å². The first-order valence-electron chi connectivity index (χ1n) is 3.07. The van der Waals surface area contributed by atoms with Crippen LogP contribution in [0.4, 0.5) is 0 Å². The van der Waals surface area contributed by atoms with E-state index in [1.54, 1.807) is 0 Å². The first kappa shape index (κ1) is 6.33. The molecule has 50 valence electrons. The number of allylic oxidation sites excluding steroid dienone is 1. The molecule has 0 spiro atoms. The standard InChI is InChI=1S/C7H11NO/c1-6-3-4-7(2,5-9)8-6/h3,5,8H,4H2,1-2H3. The van der Waals surface area contributed by atoms with Gasteiger partial charge in [-0.2, -0.15) is 0 Å². The highest BCUT2D eigenvalue weighted by Gasteiger charge is 2.25. The van der Waals surface area contributed by atoms with Crippen molar-refractivity contribution in [3.05, 3.63) is 11.8 Å². The fraction of sp³-hybridized carbons (Fsp3) is 0.571. The van der Waals surface area contributed by atoms with Crippen LogP contribution >= 0.6 is 0 Å². The van der Waals surface area contributed by atoms with Gasteiger partial charge < -0.3 is 10.1 Å². The van der Waals surface area contributed by atoms with E-state index in [1.807, 2.05) is 19.9 Å². The Labute approximate surface area is 54.9 Å². The second-order valence-electron chi connectivity index (χ2n) is 2.75. The zero-order valence-electron chi connectivity index (χ0n) is 5.77. The van der Waals surface area contributed by atoms with Crippen LogP contribution in [0.15, 0.2) is 11.8 Å². The number of aldehydes is 1. The Bertz CT molecular complexity index is 162. The van der Waals surface area contributed by atoms with Gasteiger partial charge in [0.05, 0.1) is 5.54 Å². The first-order valence-corrected chi connectivity index (χ1v) is 3.07. The van der Waals surface area contributed by atoms with Crippen LogP contribution in [0, 0.1) is 0 Å². The Kier molecular flexibility index (Phi) is 1.31. The smallest absolute Gasteiger partial charge is 0.145 e. The predicted octanol–water partition coefficient (Wildman–Crippen LogP) is 0.841. The second kappa shape index (κ2) is 1.87. The van der Waals surface area contributed by atoms with Crippen LogP contribution in [0.3, 0.4) is 0 Å². The Morgan fingerprint density at radius 3 is 2.78 bits per heavy atom. The topological polar surface area (TPSA) is 29.1 Å². The van der Waals surface area contributed by atoms with Gasteiger partial charge >= 0.3 is 0 Å². The number of hydrogen-bond acceptors (Lipinski definition) is 2. The van der Waals surface area contributed by atoms with Gasteiger partial charge in [0.25, 0.3) is 0 Å². The van der Waals surface area contributed by atoms with E-state index in [0.717, 1.165) is 18.4 Å². The van der Waals surface area contributed by atoms with Gasteiger partial charge in [-0.15, -0.1) is 0 Å². The molecule has 1 rings (SSSR count). The lowest BCUT2D eigenvalue weighted by atomic mass is 10.0. The van der Waals surface area contributed by atoms with E-state index in [0.29, 0.717) is 0 Å². The van der Waals surface area contributed by atoms with Gasteiger partial charge in [0.15, 0.2) is 0 Å². The number of carbonyl (C=O) groups excluding carboxylic acids is 1. The molecule has 0 fully saturated rings. The normalized spacial score (nSPS) is 33.3. The van der Waals surface area contributed by atoms with Gasteiger partial charge in [-0.3, -0.25) is 0 Å². The summed E-state index contributed by atoms with van der Waals surface area (Å²) in [6.45, 7) is 3.86. The summed E-state index contributed by atoms with van der Waals surface area (Å²) in [7, 11) is 0. The van der Waals surface area contributed by atoms with Crippen LogP contribution < -0.4 is 5.32 Å². The lowest BCUT2D eigenvalue weighted by molar-refractivity contribution is -0.112. The Hall–Kier alpha value is -0.790. The fourth-order valence-corrected chi connectivity index (χ4v) is 0.995. The summed E-state index contributed by atoms with van der Waals surface area (Å²) in [4.78, 5) is 10.4. The Balaban J connectivity index is 2.63. The molecule has 0 saturated carbocycles. The van der Waals surface area contributed by atoms with Crippen LogP contribution in [-0.2, 0) is 4.79 Å². The Morgan fingerprint density at radius 2 is 2.56 bits per heavy atom. The summed E-state index contributed by atoms with van der Waals surface area (Å²) >= 11 is 0. The van der Waals surface area contributed by atoms with E-state index >= 15 is 0 Å². The molecule has 9 heavy (non-hydrogen) atoms. The molecule has 1 aliphatic rings. The molecule has 0 radical (unpaired) electrons. The van der Waals surface area contributed by atoms with E-state index in [-0.39, 0.29) is 5.54 Å². The number of nitrogens with one attached hydrogen (secondary N) is 1. The number of rotatable bonds is 1. The average molecular weight is 125 g/mol. The van der Waals surface area contributed by atoms with Gasteiger partial charge in [-0.1, -0.05) is 6.08 Å². The van der Waals surface area contributed by atoms with Crippen LogP contribution in [0.1, 0.15) is 20.3 Å². The summed E-state index contributed by atoms with van der Waals surface area (Å²) in [6.07, 6.45) is 3.82. The highest BCUT2D eigenvalue weighted by molar-refractivity contribution is 5.65. The molecular formula is C7H11NO. The third-order valence-corrected chi connectivity index (χ3v) is 1.58. The van der Waals surface area contributed by atoms with Gasteiger partial charge in [0.2, 0.25) is 0 Å². The molecule has 0 bridgehead atoms. The molecule has 1 unspecified atom stereocenters. The molecular weight excluding hydrogens is 114 g/mol. The van der Waals surface area contributed by atoms with Crippen molar-refractivity contribution in [2.75, 3.05) is 0 Å². The Morgan fingerprint density at radius 1 is 1.89 bits per heavy atom. The molecule has 0 aromatic heterocycles. The zero-order chi connectivity index (χ0) is 6.91. The molecule has 0 saturated heterocycles. The van der Waals surface area contributed by atoms with Crippen LogP contribution in [0.25, 0.3) is 0 Å². The molecule has 0 aliphatic carbocycles. The van der Waals surface area contributed by atoms with E-state index in [2.05, 4.69) is 5.32 Å². The summed E-state index contributed by atoms with van der Waals surface area (Å²) in [5, 5.41) is 3.07. The van der Waals surface area contributed by atoms with Gasteiger partial charge in [-0.05, 0) is 20.3 Å². The second-order valence-corrected chi connectivity index (χ2v) is 2.75. The number of carbonyl (C=O) groups is 1. The summed E-state index contributed by atoms with van der Waals surface area (Å²) in [5.74, 6) is 0. The van der Waals surface area contributed by atoms with Crippen molar-refractivity contribution in [3.63, 3.8) is 0 Å². The summed E-state index contributed by atoms with van der Waals surface area (Å²) < 4.78 is 0. The molecule has 1 atom stereocenters. The summed E-state index contributed by atoms with van der Waals surface area (Å²) in [5.41, 5.74) is 0.786. The lowest BCUT2D eigenvalue weighted by Gasteiger charge is -2.17. The van der Waals surface area contributed by atoms with E-state index in [4.69, 9.17) is 0 Å². The third kappa shape index (κ3) is 1.12. The minimum Gasteiger partial charge on any atom is -0.377 e. The van der Waals surface area contributed by atoms with Crippen LogP contribution in [-0.4, -0.2) is 11.8 Å². The van der Waals surface area contributed by atoms with Gasteiger partial charge in [0.1, 0.15) is 6.29 Å². The quantitative estimate of drug-likeness (QED) is 0.526. The first-order chi connectivity index (χ1) is 4.16. The highest BCUT2D eigenvalue weighted by Crippen LogP contribution is 2.16. The van der Waals surface area contributed by atoms with E-state index < -0.39 is 0 Å². The molecule has 0 amide bonds. The molecule has 2 heteroatoms. The third-order valence-electron chi connectivity index (χ3n) is 1.58. The van der Waals surface area contributed by atoms with Gasteiger partial charge in [0, 0.05) is 5.70 Å². The fourth-order valence-electron chi connectivity index (χ4n) is 0.995. The maximum Gasteiger partial charge on any atom is 0.145 e. The molecule has 0 aromatic carbocycles. The van der Waals surface area contributed by atoms with Crippen LogP contribution in [0.5, 0.6) is 0 Å². The SMILES string of the molecule is CC1=CCC(C)(C=O)N1. The average Bonchev–Trinajstić information content (AvgIpc) is 2.13. The minimum atomic E-state index is -0.315. The molecule has 2 nitrogen and oxygen atoms in total. The van der Waals surface area contributed by atoms with E-state index in [1.165, 1.54) is 0 Å². The largest absolute Gasteiger partial charge is 0.377 e. The van der Waals surface area contributed by atoms with E-state index in [9.17, 15) is 4.79 Å². The minimum absolute atomic E-state index is 0.315. The maximum absolute atomic E-state index is 10.4. The number of hydrogen-bond donors (Lipinski definition) is 1. The van der Waals surface area contributed by atoms with Crippen molar-refractivity contribution in [1.29, 1.82) is 0 Å². The van der Waals surface area contributed by atoms with Crippen molar-refractivity contribution in [2.24, 2.45) is 0 Å². The van der Waals surface area contributed by atoms with Crippen LogP contribution in [0.2, 0.25) is 0 Å². The zero-order valence-corrected chi connectivity index (χ0v) is 5.77. The summed E-state index contributed by atoms with van der Waals surface area (Å²) in [6, 6.07) is 0. The maximum atomic E-state index is 10.4. The molecule has 1 aliphatic heterocycles. The molecule has 1 heterocycles.